The molecule has 0 bridgehead atoms. The highest BCUT2D eigenvalue weighted by Crippen LogP contribution is 2.54. The topological polar surface area (TPSA) is 121 Å². The molecule has 5 unspecified atom stereocenters. The first kappa shape index (κ1) is 34.3. The molecule has 0 aromatic carbocycles. The highest BCUT2D eigenvalue weighted by Gasteiger charge is 2.62. The molecule has 47 heavy (non-hydrogen) atoms. The van der Waals surface area contributed by atoms with Crippen molar-refractivity contribution < 1.29 is 28.7 Å². The Morgan fingerprint density at radius 2 is 1.66 bits per heavy atom. The predicted octanol–water partition coefficient (Wildman–Crippen LogP) is 3.45. The molecule has 5 aliphatic rings. The van der Waals surface area contributed by atoms with Crippen molar-refractivity contribution in [3.63, 3.8) is 0 Å². The van der Waals surface area contributed by atoms with Gasteiger partial charge in [0.05, 0.1) is 30.3 Å². The monoisotopic (exact) mass is 671 g/mol. The fraction of sp³-hybridized carbons (Fsp3) is 0.800. The van der Waals surface area contributed by atoms with Crippen molar-refractivity contribution in [2.45, 2.75) is 84.3 Å². The van der Waals surface area contributed by atoms with E-state index in [0.29, 0.717) is 56.7 Å². The molecule has 2 aliphatic carbocycles. The molecule has 1 aromatic heterocycles. The van der Waals surface area contributed by atoms with Gasteiger partial charge in [-0.15, -0.1) is 11.3 Å². The van der Waals surface area contributed by atoms with E-state index in [2.05, 4.69) is 24.1 Å². The van der Waals surface area contributed by atoms with Gasteiger partial charge in [-0.05, 0) is 56.3 Å². The van der Waals surface area contributed by atoms with Crippen LogP contribution in [0.3, 0.4) is 0 Å². The first-order valence-corrected chi connectivity index (χ1v) is 18.6. The molecule has 1 N–H and O–H groups in total. The third-order valence-corrected chi connectivity index (χ3v) is 12.4. The van der Waals surface area contributed by atoms with Crippen LogP contribution >= 0.6 is 11.3 Å². The zero-order valence-corrected chi connectivity index (χ0v) is 29.4. The zero-order valence-electron chi connectivity index (χ0n) is 28.6. The first-order valence-electron chi connectivity index (χ1n) is 17.7. The quantitative estimate of drug-likeness (QED) is 0.383. The molecule has 5 atom stereocenters. The first-order chi connectivity index (χ1) is 22.5. The van der Waals surface area contributed by atoms with E-state index in [4.69, 9.17) is 9.47 Å². The van der Waals surface area contributed by atoms with Gasteiger partial charge in [0.1, 0.15) is 10.9 Å². The number of amides is 4. The summed E-state index contributed by atoms with van der Waals surface area (Å²) in [5.41, 5.74) is 1.08. The number of piperidine rings is 1. The number of rotatable bonds is 11. The lowest BCUT2D eigenvalue weighted by molar-refractivity contribution is -0.153. The number of ether oxygens (including phenoxy) is 2. The third-order valence-electron chi connectivity index (χ3n) is 11.6. The van der Waals surface area contributed by atoms with Crippen molar-refractivity contribution in [2.24, 2.45) is 34.5 Å². The van der Waals surface area contributed by atoms with Crippen LogP contribution in [0.5, 0.6) is 0 Å². The van der Waals surface area contributed by atoms with Gasteiger partial charge in [-0.3, -0.25) is 24.2 Å². The third kappa shape index (κ3) is 7.39. The van der Waals surface area contributed by atoms with Crippen molar-refractivity contribution in [3.05, 3.63) is 16.6 Å². The Hall–Kier alpha value is -2.57. The van der Waals surface area contributed by atoms with E-state index in [-0.39, 0.29) is 47.4 Å². The van der Waals surface area contributed by atoms with Gasteiger partial charge in [0.15, 0.2) is 0 Å². The van der Waals surface area contributed by atoms with E-state index >= 15 is 0 Å². The van der Waals surface area contributed by atoms with Crippen LogP contribution in [0.4, 0.5) is 0 Å². The molecule has 1 aromatic rings. The normalized spacial score (nSPS) is 28.1. The van der Waals surface area contributed by atoms with Gasteiger partial charge in [-0.1, -0.05) is 33.1 Å². The summed E-state index contributed by atoms with van der Waals surface area (Å²) in [6.45, 7) is 10.00. The number of thiazole rings is 1. The van der Waals surface area contributed by atoms with Crippen molar-refractivity contribution in [1.82, 2.24) is 25.0 Å². The predicted molar refractivity (Wildman–Crippen MR) is 178 cm³/mol. The number of nitrogens with zero attached hydrogens (tertiary/aromatic N) is 4. The summed E-state index contributed by atoms with van der Waals surface area (Å²) in [6.07, 6.45) is 9.74. The number of carbonyl (C=O) groups is 4. The van der Waals surface area contributed by atoms with E-state index in [1.54, 1.807) is 23.7 Å². The molecule has 4 heterocycles. The van der Waals surface area contributed by atoms with Gasteiger partial charge in [0.25, 0.3) is 5.91 Å². The summed E-state index contributed by atoms with van der Waals surface area (Å²) in [4.78, 5) is 65.5. The Balaban J connectivity index is 1.19. The van der Waals surface area contributed by atoms with E-state index in [1.807, 2.05) is 16.7 Å². The van der Waals surface area contributed by atoms with E-state index < -0.39 is 23.5 Å². The van der Waals surface area contributed by atoms with Gasteiger partial charge in [0.2, 0.25) is 17.7 Å². The molecule has 0 radical (unpaired) electrons. The molecule has 4 amide bonds. The lowest BCUT2D eigenvalue weighted by Crippen LogP contribution is -2.65. The molecule has 1 spiro atoms. The van der Waals surface area contributed by atoms with Gasteiger partial charge in [-0.2, -0.15) is 0 Å². The Bertz CT molecular complexity index is 1290. The second-order valence-electron chi connectivity index (χ2n) is 15.7. The maximum atomic E-state index is 14.4. The Labute approximate surface area is 283 Å². The van der Waals surface area contributed by atoms with Crippen LogP contribution in [0.25, 0.3) is 0 Å². The minimum atomic E-state index is -0.847. The van der Waals surface area contributed by atoms with Gasteiger partial charge >= 0.3 is 0 Å². The van der Waals surface area contributed by atoms with Crippen molar-refractivity contribution in [2.75, 3.05) is 59.6 Å². The largest absolute Gasteiger partial charge is 0.384 e. The number of likely N-dealkylation sites (tertiary alicyclic amines) is 3. The smallest absolute Gasteiger partial charge is 0.265 e. The number of methoxy groups -OCH3 is 1. The number of hydrogen-bond donors (Lipinski definition) is 1. The summed E-state index contributed by atoms with van der Waals surface area (Å²) in [6, 6.07) is -0.847. The molecular weight excluding hydrogens is 618 g/mol. The van der Waals surface area contributed by atoms with Crippen LogP contribution < -0.4 is 5.32 Å². The van der Waals surface area contributed by atoms with E-state index in [9.17, 15) is 19.2 Å². The molecule has 6 rings (SSSR count). The van der Waals surface area contributed by atoms with Crippen molar-refractivity contribution >= 4 is 35.0 Å². The number of aromatic nitrogens is 1. The summed E-state index contributed by atoms with van der Waals surface area (Å²) in [5, 5.41) is 3.16. The minimum Gasteiger partial charge on any atom is -0.384 e. The molecule has 2 saturated carbocycles. The Kier molecular flexibility index (Phi) is 10.3. The average Bonchev–Trinajstić information content (AvgIpc) is 3.41. The number of hydrogen-bond acceptors (Lipinski definition) is 8. The molecule has 260 valence electrons. The van der Waals surface area contributed by atoms with Crippen LogP contribution in [-0.4, -0.2) is 115 Å². The second-order valence-corrected chi connectivity index (χ2v) is 16.6. The highest BCUT2D eigenvalue weighted by atomic mass is 32.1. The average molecular weight is 672 g/mol. The fourth-order valence-corrected chi connectivity index (χ4v) is 9.05. The lowest BCUT2D eigenvalue weighted by Gasteiger charge is -2.50. The molecule has 11 nitrogen and oxygen atoms in total. The minimum absolute atomic E-state index is 0.0124. The molecule has 12 heteroatoms. The van der Waals surface area contributed by atoms with Crippen LogP contribution in [0.15, 0.2) is 11.7 Å². The fourth-order valence-electron chi connectivity index (χ4n) is 8.47. The van der Waals surface area contributed by atoms with Crippen LogP contribution in [0.1, 0.15) is 81.8 Å². The van der Waals surface area contributed by atoms with Gasteiger partial charge < -0.3 is 29.5 Å². The van der Waals surface area contributed by atoms with Crippen LogP contribution in [0, 0.1) is 34.5 Å². The number of carbonyl (C=O) groups excluding carboxylic acids is 4. The summed E-state index contributed by atoms with van der Waals surface area (Å²) >= 11 is 1.28. The van der Waals surface area contributed by atoms with Crippen molar-refractivity contribution in [1.29, 1.82) is 0 Å². The summed E-state index contributed by atoms with van der Waals surface area (Å²) in [5.74, 6) is -0.199. The lowest BCUT2D eigenvalue weighted by atomic mass is 9.70. The summed E-state index contributed by atoms with van der Waals surface area (Å²) in [7, 11) is 1.69. The van der Waals surface area contributed by atoms with Gasteiger partial charge in [0, 0.05) is 64.3 Å². The maximum absolute atomic E-state index is 14.4. The van der Waals surface area contributed by atoms with E-state index in [1.165, 1.54) is 30.6 Å². The SMILES string of the molecule is COCC1CCCN(C(=O)C(NC(=O)C2CN(C(=O)c3cncs3)CC23CN(C(=O)C2CC2(C)C)C3)C(C)OCC2CCCCC2)C1. The molecule has 5 fully saturated rings. The standard InChI is InChI=1S/C35H53N5O6S/c1-23(46-18-24-9-6-5-7-10-24)29(33(44)38-12-8-11-25(15-38)17-45-4)37-30(41)27-16-39(32(43)28-14-36-22-47-28)19-35(27)20-40(21-35)31(42)26-13-34(26,2)3/h14,22-27,29H,5-13,15-21H2,1-4H3,(H,37,41). The summed E-state index contributed by atoms with van der Waals surface area (Å²) < 4.78 is 11.8. The van der Waals surface area contributed by atoms with Gasteiger partial charge in [-0.25, -0.2) is 0 Å². The maximum Gasteiger partial charge on any atom is 0.265 e. The van der Waals surface area contributed by atoms with Crippen LogP contribution in [0.2, 0.25) is 0 Å². The van der Waals surface area contributed by atoms with Crippen molar-refractivity contribution in [3.8, 4) is 0 Å². The highest BCUT2D eigenvalue weighted by molar-refractivity contribution is 7.11. The van der Waals surface area contributed by atoms with Crippen LogP contribution in [-0.2, 0) is 23.9 Å². The van der Waals surface area contributed by atoms with E-state index in [0.717, 1.165) is 32.1 Å². The molecule has 3 aliphatic heterocycles. The Morgan fingerprint density at radius 1 is 0.957 bits per heavy atom. The Morgan fingerprint density at radius 3 is 2.32 bits per heavy atom. The molecule has 3 saturated heterocycles. The second kappa shape index (κ2) is 14.1. The molecular formula is C35H53N5O6S. The number of nitrogens with one attached hydrogen (secondary N) is 1. The zero-order chi connectivity index (χ0) is 33.3.